The Balaban J connectivity index is 2.62. The Morgan fingerprint density at radius 3 is 2.64 bits per heavy atom. The second kappa shape index (κ2) is 5.30. The molecule has 11 heavy (non-hydrogen) atoms. The van der Waals surface area contributed by atoms with Crippen LogP contribution in [0.25, 0.3) is 0 Å². The fourth-order valence-corrected chi connectivity index (χ4v) is 3.66. The fourth-order valence-electron chi connectivity index (χ4n) is 0.700. The molecule has 0 unspecified atom stereocenters. The molecule has 0 aliphatic carbocycles. The van der Waals surface area contributed by atoms with Crippen molar-refractivity contribution >= 4 is 42.1 Å². The molecular formula is C7H7S4. The first-order chi connectivity index (χ1) is 5.34. The van der Waals surface area contributed by atoms with E-state index in [9.17, 15) is 0 Å². The molecule has 1 radical (unpaired) electrons. The van der Waals surface area contributed by atoms with Crippen molar-refractivity contribution in [3.63, 3.8) is 0 Å². The van der Waals surface area contributed by atoms with Crippen LogP contribution in [0.15, 0.2) is 29.2 Å². The van der Waals surface area contributed by atoms with Crippen molar-refractivity contribution in [2.45, 2.75) is 11.8 Å². The van der Waals surface area contributed by atoms with Crippen molar-refractivity contribution in [3.8, 4) is 0 Å². The molecule has 0 atom stereocenters. The number of aryl methyl sites for hydroxylation is 1. The predicted molar refractivity (Wildman–Crippen MR) is 59.8 cm³/mol. The quantitative estimate of drug-likeness (QED) is 0.687. The van der Waals surface area contributed by atoms with Gasteiger partial charge < -0.3 is 0 Å². The van der Waals surface area contributed by atoms with Gasteiger partial charge in [-0.05, 0) is 60.7 Å². The summed E-state index contributed by atoms with van der Waals surface area (Å²) in [5.74, 6) is 0. The van der Waals surface area contributed by atoms with Crippen molar-refractivity contribution in [3.05, 3.63) is 29.8 Å². The lowest BCUT2D eigenvalue weighted by molar-refractivity contribution is 1.31. The van der Waals surface area contributed by atoms with Gasteiger partial charge in [-0.15, -0.1) is 0 Å². The van der Waals surface area contributed by atoms with E-state index in [2.05, 4.69) is 19.1 Å². The molecule has 0 fully saturated rings. The highest BCUT2D eigenvalue weighted by Crippen LogP contribution is 2.42. The lowest BCUT2D eigenvalue weighted by Crippen LogP contribution is -1.73. The van der Waals surface area contributed by atoms with Gasteiger partial charge in [0.2, 0.25) is 0 Å². The number of hydrogen-bond donors (Lipinski definition) is 0. The van der Waals surface area contributed by atoms with Gasteiger partial charge in [-0.3, -0.25) is 0 Å². The van der Waals surface area contributed by atoms with Gasteiger partial charge in [-0.25, -0.2) is 0 Å². The molecule has 0 aliphatic rings. The Kier molecular flexibility index (Phi) is 4.67. The van der Waals surface area contributed by atoms with Crippen molar-refractivity contribution in [2.24, 2.45) is 0 Å². The molecule has 4 heteroatoms. The summed E-state index contributed by atoms with van der Waals surface area (Å²) >= 11 is 4.75. The summed E-state index contributed by atoms with van der Waals surface area (Å²) in [6.07, 6.45) is 0. The summed E-state index contributed by atoms with van der Waals surface area (Å²) in [6.45, 7) is 2.11. The Morgan fingerprint density at radius 1 is 1.27 bits per heavy atom. The third-order valence-corrected chi connectivity index (χ3v) is 5.53. The molecule has 0 saturated carbocycles. The molecule has 0 N–H and O–H groups in total. The van der Waals surface area contributed by atoms with Crippen LogP contribution in [-0.4, -0.2) is 0 Å². The van der Waals surface area contributed by atoms with E-state index >= 15 is 0 Å². The topological polar surface area (TPSA) is 0 Å². The Hall–Kier alpha value is 0.620. The molecule has 1 rings (SSSR count). The van der Waals surface area contributed by atoms with Gasteiger partial charge in [0.15, 0.2) is 0 Å². The Labute approximate surface area is 83.5 Å². The largest absolute Gasteiger partial charge is 0.0619 e. The van der Waals surface area contributed by atoms with Gasteiger partial charge in [0.05, 0.1) is 0 Å². The zero-order valence-corrected chi connectivity index (χ0v) is 9.21. The molecule has 0 aromatic heterocycles. The summed E-state index contributed by atoms with van der Waals surface area (Å²) < 4.78 is 0. The van der Waals surface area contributed by atoms with Crippen molar-refractivity contribution in [1.82, 2.24) is 0 Å². The van der Waals surface area contributed by atoms with E-state index in [1.165, 1.54) is 20.3 Å². The second-order valence-electron chi connectivity index (χ2n) is 1.98. The minimum absolute atomic E-state index is 1.30. The lowest BCUT2D eigenvalue weighted by atomic mass is 10.2. The van der Waals surface area contributed by atoms with Gasteiger partial charge in [-0.1, -0.05) is 18.2 Å². The highest BCUT2D eigenvalue weighted by molar-refractivity contribution is 9.23. The van der Waals surface area contributed by atoms with E-state index in [0.29, 0.717) is 0 Å². The van der Waals surface area contributed by atoms with Crippen molar-refractivity contribution < 1.29 is 0 Å². The molecule has 0 heterocycles. The van der Waals surface area contributed by atoms with E-state index in [-0.39, 0.29) is 0 Å². The van der Waals surface area contributed by atoms with Gasteiger partial charge >= 0.3 is 0 Å². The maximum absolute atomic E-state index is 4.75. The van der Waals surface area contributed by atoms with E-state index in [0.717, 1.165) is 0 Å². The first-order valence-electron chi connectivity index (χ1n) is 3.03. The molecule has 0 nitrogen and oxygen atoms in total. The summed E-state index contributed by atoms with van der Waals surface area (Å²) in [5.41, 5.74) is 1.31. The first-order valence-corrected chi connectivity index (χ1v) is 7.44. The average molecular weight is 219 g/mol. The van der Waals surface area contributed by atoms with Crippen LogP contribution >= 0.6 is 42.1 Å². The molecule has 59 valence electrons. The van der Waals surface area contributed by atoms with Crippen LogP contribution in [0.4, 0.5) is 0 Å². The highest BCUT2D eigenvalue weighted by atomic mass is 33.7. The standard InChI is InChI=1S/C7H7S4/c1-6-4-2-3-5-7(6)9-11-10-8/h2-5H,1H3. The minimum Gasteiger partial charge on any atom is -0.0619 e. The lowest BCUT2D eigenvalue weighted by Gasteiger charge is -2.00. The molecule has 0 amide bonds. The molecule has 1 aromatic carbocycles. The van der Waals surface area contributed by atoms with E-state index < -0.39 is 0 Å². The van der Waals surface area contributed by atoms with Crippen LogP contribution in [0.3, 0.4) is 0 Å². The fraction of sp³-hybridized carbons (Fsp3) is 0.143. The maximum Gasteiger partial charge on any atom is 0.0220 e. The monoisotopic (exact) mass is 219 g/mol. The van der Waals surface area contributed by atoms with Crippen LogP contribution in [0.5, 0.6) is 0 Å². The summed E-state index contributed by atoms with van der Waals surface area (Å²) in [4.78, 5) is 1.30. The Morgan fingerprint density at radius 2 is 2.00 bits per heavy atom. The second-order valence-corrected chi connectivity index (χ2v) is 6.63. The SMILES string of the molecule is Cc1ccccc1SSS[S]. The third kappa shape index (κ3) is 3.23. The van der Waals surface area contributed by atoms with Crippen molar-refractivity contribution in [1.29, 1.82) is 0 Å². The minimum atomic E-state index is 1.30. The summed E-state index contributed by atoms with van der Waals surface area (Å²) in [7, 11) is 4.71. The van der Waals surface area contributed by atoms with Crippen LogP contribution in [-0.2, 0) is 0 Å². The molecule has 0 aliphatic heterocycles. The molecule has 0 bridgehead atoms. The number of hydrogen-bond acceptors (Lipinski definition) is 3. The van der Waals surface area contributed by atoms with E-state index in [1.807, 2.05) is 12.1 Å². The van der Waals surface area contributed by atoms with Gasteiger partial charge in [0.1, 0.15) is 0 Å². The zero-order valence-electron chi connectivity index (χ0n) is 5.94. The first kappa shape index (κ1) is 9.71. The predicted octanol–water partition coefficient (Wildman–Crippen LogP) is 4.50. The van der Waals surface area contributed by atoms with Gasteiger partial charge in [0.25, 0.3) is 0 Å². The van der Waals surface area contributed by atoms with Crippen molar-refractivity contribution in [2.75, 3.05) is 0 Å². The Bertz CT molecular complexity index is 223. The van der Waals surface area contributed by atoms with Crippen LogP contribution < -0.4 is 0 Å². The summed E-state index contributed by atoms with van der Waals surface area (Å²) in [5, 5.41) is 0. The van der Waals surface area contributed by atoms with Gasteiger partial charge in [-0.2, -0.15) is 0 Å². The smallest absolute Gasteiger partial charge is 0.0220 e. The zero-order chi connectivity index (χ0) is 8.10. The number of rotatable bonds is 3. The maximum atomic E-state index is 4.75. The molecule has 0 saturated heterocycles. The van der Waals surface area contributed by atoms with E-state index in [1.54, 1.807) is 20.6 Å². The van der Waals surface area contributed by atoms with E-state index in [4.69, 9.17) is 11.7 Å². The van der Waals surface area contributed by atoms with Gasteiger partial charge in [0, 0.05) is 4.90 Å². The normalized spacial score (nSPS) is 10.0. The average Bonchev–Trinajstić information content (AvgIpc) is 2.03. The molecule has 1 aromatic rings. The van der Waals surface area contributed by atoms with Crippen LogP contribution in [0.2, 0.25) is 0 Å². The number of benzene rings is 1. The highest BCUT2D eigenvalue weighted by Gasteiger charge is 1.96. The van der Waals surface area contributed by atoms with Crippen LogP contribution in [0, 0.1) is 6.92 Å². The molecule has 0 spiro atoms. The molecular weight excluding hydrogens is 212 g/mol. The third-order valence-electron chi connectivity index (χ3n) is 1.25. The summed E-state index contributed by atoms with van der Waals surface area (Å²) in [6, 6.07) is 8.31. The van der Waals surface area contributed by atoms with Crippen LogP contribution in [0.1, 0.15) is 5.56 Å².